The van der Waals surface area contributed by atoms with E-state index in [9.17, 15) is 9.59 Å². The third-order valence-corrected chi connectivity index (χ3v) is 2.75. The average molecular weight is 215 g/mol. The Kier molecular flexibility index (Phi) is 3.34. The minimum absolute atomic E-state index is 0.0273. The summed E-state index contributed by atoms with van der Waals surface area (Å²) in [5.74, 6) is -0.929. The third-order valence-electron chi connectivity index (χ3n) is 2.75. The number of amides is 1. The van der Waals surface area contributed by atoms with Crippen molar-refractivity contribution in [3.05, 3.63) is 0 Å². The molecule has 5 nitrogen and oxygen atoms in total. The molecule has 0 aromatic carbocycles. The summed E-state index contributed by atoms with van der Waals surface area (Å²) >= 11 is 0. The first-order valence-corrected chi connectivity index (χ1v) is 4.95. The van der Waals surface area contributed by atoms with Gasteiger partial charge >= 0.3 is 5.97 Å². The summed E-state index contributed by atoms with van der Waals surface area (Å²) in [6, 6.07) is 0. The van der Waals surface area contributed by atoms with Gasteiger partial charge in [-0.25, -0.2) is 4.79 Å². The van der Waals surface area contributed by atoms with Gasteiger partial charge in [-0.1, -0.05) is 6.92 Å². The maximum atomic E-state index is 11.6. The first kappa shape index (κ1) is 12.0. The predicted octanol–water partition coefficient (Wildman–Crippen LogP) is 0.248. The molecule has 15 heavy (non-hydrogen) atoms. The van der Waals surface area contributed by atoms with Gasteiger partial charge in [-0.15, -0.1) is 0 Å². The third kappa shape index (κ3) is 2.68. The topological polar surface area (TPSA) is 75.6 Å². The Hall–Kier alpha value is -1.10. The van der Waals surface area contributed by atoms with Gasteiger partial charge < -0.3 is 15.2 Å². The Labute approximate surface area is 88.8 Å². The number of nitrogens with one attached hydrogen (secondary N) is 1. The van der Waals surface area contributed by atoms with Crippen LogP contribution in [-0.2, 0) is 14.3 Å². The molecule has 1 saturated carbocycles. The van der Waals surface area contributed by atoms with Crippen LogP contribution in [0.3, 0.4) is 0 Å². The molecule has 1 aliphatic carbocycles. The Morgan fingerprint density at radius 1 is 1.60 bits per heavy atom. The van der Waals surface area contributed by atoms with Crippen LogP contribution in [0.2, 0.25) is 0 Å². The number of carbonyl (C=O) groups is 2. The van der Waals surface area contributed by atoms with E-state index in [1.807, 2.05) is 6.92 Å². The highest BCUT2D eigenvalue weighted by molar-refractivity contribution is 5.89. The summed E-state index contributed by atoms with van der Waals surface area (Å²) < 4.78 is 4.80. The summed E-state index contributed by atoms with van der Waals surface area (Å²) in [7, 11) is 1.41. The van der Waals surface area contributed by atoms with Crippen molar-refractivity contribution in [2.45, 2.75) is 25.8 Å². The van der Waals surface area contributed by atoms with E-state index in [0.717, 1.165) is 6.42 Å². The van der Waals surface area contributed by atoms with Crippen LogP contribution in [0.1, 0.15) is 20.3 Å². The van der Waals surface area contributed by atoms with Gasteiger partial charge in [0, 0.05) is 13.0 Å². The highest BCUT2D eigenvalue weighted by Crippen LogP contribution is 2.38. The predicted molar refractivity (Wildman–Crippen MR) is 53.3 cm³/mol. The molecule has 0 spiro atoms. The first-order valence-electron chi connectivity index (χ1n) is 4.95. The van der Waals surface area contributed by atoms with Crippen LogP contribution in [0.25, 0.3) is 0 Å². The monoisotopic (exact) mass is 215 g/mol. The van der Waals surface area contributed by atoms with Gasteiger partial charge in [0.15, 0.2) is 5.54 Å². The van der Waals surface area contributed by atoms with Crippen molar-refractivity contribution in [3.63, 3.8) is 0 Å². The van der Waals surface area contributed by atoms with Gasteiger partial charge in [0.2, 0.25) is 5.91 Å². The fourth-order valence-electron chi connectivity index (χ4n) is 1.49. The van der Waals surface area contributed by atoms with Gasteiger partial charge in [0.1, 0.15) is 0 Å². The summed E-state index contributed by atoms with van der Waals surface area (Å²) in [5, 5.41) is 11.5. The minimum atomic E-state index is -1.33. The molecule has 0 bridgehead atoms. The Morgan fingerprint density at radius 3 is 2.47 bits per heavy atom. The van der Waals surface area contributed by atoms with Crippen molar-refractivity contribution in [2.24, 2.45) is 11.8 Å². The van der Waals surface area contributed by atoms with Crippen molar-refractivity contribution in [2.75, 3.05) is 13.7 Å². The number of rotatable bonds is 5. The Bertz CT molecular complexity index is 279. The van der Waals surface area contributed by atoms with Crippen LogP contribution in [0, 0.1) is 11.8 Å². The van der Waals surface area contributed by atoms with E-state index >= 15 is 0 Å². The molecule has 1 fully saturated rings. The number of carbonyl (C=O) groups excluding carboxylic acids is 1. The molecule has 5 heteroatoms. The Balaban J connectivity index is 2.58. The van der Waals surface area contributed by atoms with Crippen molar-refractivity contribution in [3.8, 4) is 0 Å². The van der Waals surface area contributed by atoms with Crippen LogP contribution >= 0.6 is 0 Å². The van der Waals surface area contributed by atoms with E-state index in [1.165, 1.54) is 14.0 Å². The van der Waals surface area contributed by atoms with Crippen molar-refractivity contribution < 1.29 is 19.4 Å². The molecule has 0 radical (unpaired) electrons. The van der Waals surface area contributed by atoms with Crippen LogP contribution in [0.15, 0.2) is 0 Å². The molecule has 0 saturated heterocycles. The van der Waals surface area contributed by atoms with Crippen LogP contribution in [0.4, 0.5) is 0 Å². The number of hydrogen-bond acceptors (Lipinski definition) is 3. The molecule has 0 heterocycles. The fourth-order valence-corrected chi connectivity index (χ4v) is 1.49. The first-order chi connectivity index (χ1) is 6.90. The second-order valence-corrected chi connectivity index (χ2v) is 4.38. The van der Waals surface area contributed by atoms with E-state index < -0.39 is 11.5 Å². The van der Waals surface area contributed by atoms with Crippen molar-refractivity contribution >= 4 is 11.9 Å². The normalized spacial score (nSPS) is 27.9. The largest absolute Gasteiger partial charge is 0.479 e. The molecule has 0 aromatic heterocycles. The van der Waals surface area contributed by atoms with Crippen molar-refractivity contribution in [1.82, 2.24) is 5.32 Å². The molecule has 0 aromatic rings. The number of ether oxygens (including phenoxy) is 1. The number of carboxylic acids is 1. The molecular formula is C10H17NO4. The van der Waals surface area contributed by atoms with Crippen LogP contribution in [-0.4, -0.2) is 36.2 Å². The lowest BCUT2D eigenvalue weighted by Gasteiger charge is -2.25. The van der Waals surface area contributed by atoms with E-state index in [2.05, 4.69) is 5.32 Å². The molecule has 1 rings (SSSR count). The standard InChI is InChI=1S/C10H17NO4/c1-6-4-7(6)8(12)11-10(2,5-15-3)9(13)14/h6-7H,4-5H2,1-3H3,(H,11,12)(H,13,14). The molecule has 3 atom stereocenters. The highest BCUT2D eigenvalue weighted by atomic mass is 16.5. The molecule has 2 N–H and O–H groups in total. The molecular weight excluding hydrogens is 198 g/mol. The lowest BCUT2D eigenvalue weighted by atomic mass is 10.0. The summed E-state index contributed by atoms with van der Waals surface area (Å²) in [5.41, 5.74) is -1.33. The zero-order valence-corrected chi connectivity index (χ0v) is 9.24. The van der Waals surface area contributed by atoms with Crippen molar-refractivity contribution in [1.29, 1.82) is 0 Å². The van der Waals surface area contributed by atoms with E-state index in [1.54, 1.807) is 0 Å². The maximum Gasteiger partial charge on any atom is 0.331 e. The van der Waals surface area contributed by atoms with Gasteiger partial charge in [0.05, 0.1) is 6.61 Å². The van der Waals surface area contributed by atoms with E-state index in [-0.39, 0.29) is 18.4 Å². The molecule has 3 unspecified atom stereocenters. The van der Waals surface area contributed by atoms with Crippen LogP contribution in [0.5, 0.6) is 0 Å². The molecule has 1 aliphatic rings. The van der Waals surface area contributed by atoms with Gasteiger partial charge in [-0.2, -0.15) is 0 Å². The van der Waals surface area contributed by atoms with E-state index in [4.69, 9.17) is 9.84 Å². The zero-order chi connectivity index (χ0) is 11.6. The molecule has 86 valence electrons. The highest BCUT2D eigenvalue weighted by Gasteiger charge is 2.43. The molecule has 1 amide bonds. The van der Waals surface area contributed by atoms with Gasteiger partial charge in [-0.05, 0) is 19.3 Å². The maximum absolute atomic E-state index is 11.6. The average Bonchev–Trinajstić information content (AvgIpc) is 2.82. The van der Waals surface area contributed by atoms with Crippen LogP contribution < -0.4 is 5.32 Å². The van der Waals surface area contributed by atoms with Gasteiger partial charge in [0.25, 0.3) is 0 Å². The summed E-state index contributed by atoms with van der Waals surface area (Å²) in [6.45, 7) is 3.39. The van der Waals surface area contributed by atoms with Gasteiger partial charge in [-0.3, -0.25) is 4.79 Å². The SMILES string of the molecule is COCC(C)(NC(=O)C1CC1C)C(=O)O. The number of hydrogen-bond donors (Lipinski definition) is 2. The second-order valence-electron chi connectivity index (χ2n) is 4.38. The number of methoxy groups -OCH3 is 1. The summed E-state index contributed by atoms with van der Waals surface area (Å²) in [4.78, 5) is 22.6. The number of aliphatic carboxylic acids is 1. The molecule has 0 aliphatic heterocycles. The smallest absolute Gasteiger partial charge is 0.331 e. The zero-order valence-electron chi connectivity index (χ0n) is 9.24. The fraction of sp³-hybridized carbons (Fsp3) is 0.800. The number of carboxylic acid groups (broad SMARTS) is 1. The second kappa shape index (κ2) is 4.18. The lowest BCUT2D eigenvalue weighted by Crippen LogP contribution is -2.55. The minimum Gasteiger partial charge on any atom is -0.479 e. The summed E-state index contributed by atoms with van der Waals surface area (Å²) in [6.07, 6.45) is 0.842. The lowest BCUT2D eigenvalue weighted by molar-refractivity contribution is -0.149. The Morgan fingerprint density at radius 2 is 2.13 bits per heavy atom. The van der Waals surface area contributed by atoms with E-state index in [0.29, 0.717) is 5.92 Å². The quantitative estimate of drug-likeness (QED) is 0.689.